The van der Waals surface area contributed by atoms with Crippen LogP contribution in [-0.2, 0) is 15.6 Å². The fourth-order valence-electron chi connectivity index (χ4n) is 3.03. The van der Waals surface area contributed by atoms with Crippen LogP contribution in [0.3, 0.4) is 0 Å². The van der Waals surface area contributed by atoms with Gasteiger partial charge in [-0.1, -0.05) is 24.3 Å². The van der Waals surface area contributed by atoms with Crippen molar-refractivity contribution in [3.05, 3.63) is 35.4 Å². The van der Waals surface area contributed by atoms with Crippen molar-refractivity contribution in [2.24, 2.45) is 0 Å². The smallest absolute Gasteiger partial charge is 0.213 e. The van der Waals surface area contributed by atoms with Crippen LogP contribution in [0.2, 0.25) is 0 Å². The summed E-state index contributed by atoms with van der Waals surface area (Å²) >= 11 is 0. The number of likely N-dealkylation sites (tertiary alicyclic amines) is 1. The second-order valence-corrected chi connectivity index (χ2v) is 8.63. The number of aryl methyl sites for hydroxylation is 1. The van der Waals surface area contributed by atoms with Gasteiger partial charge < -0.3 is 5.11 Å². The van der Waals surface area contributed by atoms with E-state index in [0.717, 1.165) is 17.7 Å². The van der Waals surface area contributed by atoms with E-state index in [4.69, 9.17) is 0 Å². The summed E-state index contributed by atoms with van der Waals surface area (Å²) in [5, 5.41) is 10.9. The highest BCUT2D eigenvalue weighted by molar-refractivity contribution is 7.89. The molecular weight excluding hydrogens is 300 g/mol. The maximum absolute atomic E-state index is 11.8. The predicted molar refractivity (Wildman–Crippen MR) is 88.2 cm³/mol. The van der Waals surface area contributed by atoms with E-state index in [1.807, 2.05) is 31.2 Å². The van der Waals surface area contributed by atoms with E-state index in [2.05, 4.69) is 4.90 Å². The Morgan fingerprint density at radius 3 is 2.64 bits per heavy atom. The van der Waals surface area contributed by atoms with E-state index in [1.54, 1.807) is 14.1 Å². The van der Waals surface area contributed by atoms with Gasteiger partial charge in [0.05, 0.1) is 5.75 Å². The number of benzene rings is 1. The average Bonchev–Trinajstić information content (AvgIpc) is 2.81. The second-order valence-electron chi connectivity index (χ2n) is 6.32. The summed E-state index contributed by atoms with van der Waals surface area (Å²) in [6.07, 6.45) is 1.28. The van der Waals surface area contributed by atoms with Crippen LogP contribution in [0.1, 0.15) is 24.0 Å². The van der Waals surface area contributed by atoms with Crippen molar-refractivity contribution >= 4 is 10.0 Å². The highest BCUT2D eigenvalue weighted by atomic mass is 32.2. The summed E-state index contributed by atoms with van der Waals surface area (Å²) in [7, 11) is -0.0181. The molecule has 124 valence electrons. The number of β-amino-alcohol motifs (C(OH)–C–C–N with tert-alkyl or cyclic N) is 1. The van der Waals surface area contributed by atoms with Crippen LogP contribution in [-0.4, -0.2) is 62.2 Å². The van der Waals surface area contributed by atoms with Crippen LogP contribution in [0.4, 0.5) is 0 Å². The molecule has 0 aromatic heterocycles. The Kier molecular flexibility index (Phi) is 5.27. The van der Waals surface area contributed by atoms with E-state index >= 15 is 0 Å². The molecule has 2 rings (SSSR count). The van der Waals surface area contributed by atoms with Gasteiger partial charge in [-0.15, -0.1) is 0 Å². The SMILES string of the molecule is Cc1ccccc1C1(O)CCN(CCCS(=O)(=O)N(C)C)C1. The molecule has 0 radical (unpaired) electrons. The Morgan fingerprint density at radius 1 is 1.32 bits per heavy atom. The number of sulfonamides is 1. The first-order valence-electron chi connectivity index (χ1n) is 7.66. The molecule has 1 aliphatic rings. The van der Waals surface area contributed by atoms with Gasteiger partial charge in [0.15, 0.2) is 0 Å². The Morgan fingerprint density at radius 2 is 2.00 bits per heavy atom. The van der Waals surface area contributed by atoms with Crippen molar-refractivity contribution in [3.8, 4) is 0 Å². The van der Waals surface area contributed by atoms with Gasteiger partial charge in [0, 0.05) is 27.2 Å². The van der Waals surface area contributed by atoms with Crippen molar-refractivity contribution in [2.75, 3.05) is 39.5 Å². The quantitative estimate of drug-likeness (QED) is 0.852. The van der Waals surface area contributed by atoms with Crippen LogP contribution < -0.4 is 0 Å². The molecule has 1 N–H and O–H groups in total. The third-order valence-corrected chi connectivity index (χ3v) is 6.32. The maximum Gasteiger partial charge on any atom is 0.213 e. The number of aliphatic hydroxyl groups is 1. The molecule has 0 amide bonds. The minimum atomic E-state index is -3.13. The lowest BCUT2D eigenvalue weighted by atomic mass is 9.89. The Labute approximate surface area is 133 Å². The molecule has 1 aliphatic heterocycles. The second kappa shape index (κ2) is 6.66. The molecule has 1 unspecified atom stereocenters. The fourth-order valence-corrected chi connectivity index (χ4v) is 3.89. The molecule has 1 fully saturated rings. The molecular formula is C16H26N2O3S. The standard InChI is InChI=1S/C16H26N2O3S/c1-14-7-4-5-8-15(14)16(19)9-11-18(13-16)10-6-12-22(20,21)17(2)3/h4-5,7-8,19H,6,9-13H2,1-3H3. The normalized spacial score (nSPS) is 23.3. The van der Waals surface area contributed by atoms with Crippen LogP contribution >= 0.6 is 0 Å². The van der Waals surface area contributed by atoms with Gasteiger partial charge >= 0.3 is 0 Å². The zero-order chi connectivity index (χ0) is 16.4. The van der Waals surface area contributed by atoms with Crippen molar-refractivity contribution in [2.45, 2.75) is 25.4 Å². The molecule has 0 spiro atoms. The van der Waals surface area contributed by atoms with Crippen molar-refractivity contribution < 1.29 is 13.5 Å². The molecule has 1 aromatic carbocycles. The Bertz CT molecular complexity index is 616. The first kappa shape index (κ1) is 17.4. The minimum absolute atomic E-state index is 0.152. The average molecular weight is 326 g/mol. The highest BCUT2D eigenvalue weighted by Crippen LogP contribution is 2.33. The molecule has 1 heterocycles. The van der Waals surface area contributed by atoms with Gasteiger partial charge in [0.2, 0.25) is 10.0 Å². The Balaban J connectivity index is 1.92. The Hall–Kier alpha value is -0.950. The summed E-state index contributed by atoms with van der Waals surface area (Å²) < 4.78 is 24.8. The summed E-state index contributed by atoms with van der Waals surface area (Å²) in [6.45, 7) is 4.08. The topological polar surface area (TPSA) is 60.9 Å². The van der Waals surface area contributed by atoms with E-state index in [-0.39, 0.29) is 5.75 Å². The zero-order valence-electron chi connectivity index (χ0n) is 13.6. The van der Waals surface area contributed by atoms with E-state index in [9.17, 15) is 13.5 Å². The van der Waals surface area contributed by atoms with E-state index in [0.29, 0.717) is 25.9 Å². The van der Waals surface area contributed by atoms with Gasteiger partial charge in [-0.2, -0.15) is 0 Å². The maximum atomic E-state index is 11.8. The monoisotopic (exact) mass is 326 g/mol. The lowest BCUT2D eigenvalue weighted by Gasteiger charge is -2.25. The number of hydrogen-bond acceptors (Lipinski definition) is 4. The number of nitrogens with zero attached hydrogens (tertiary/aromatic N) is 2. The molecule has 1 saturated heterocycles. The van der Waals surface area contributed by atoms with Crippen LogP contribution in [0.15, 0.2) is 24.3 Å². The summed E-state index contributed by atoms with van der Waals surface area (Å²) in [5.74, 6) is 0.152. The fraction of sp³-hybridized carbons (Fsp3) is 0.625. The molecule has 6 heteroatoms. The lowest BCUT2D eigenvalue weighted by Crippen LogP contribution is -2.33. The molecule has 22 heavy (non-hydrogen) atoms. The van der Waals surface area contributed by atoms with Crippen molar-refractivity contribution in [1.29, 1.82) is 0 Å². The van der Waals surface area contributed by atoms with Gasteiger partial charge in [0.25, 0.3) is 0 Å². The summed E-state index contributed by atoms with van der Waals surface area (Å²) in [4.78, 5) is 2.15. The molecule has 0 saturated carbocycles. The van der Waals surface area contributed by atoms with Gasteiger partial charge in [-0.3, -0.25) is 4.90 Å². The minimum Gasteiger partial charge on any atom is -0.384 e. The first-order valence-corrected chi connectivity index (χ1v) is 9.26. The number of hydrogen-bond donors (Lipinski definition) is 1. The van der Waals surface area contributed by atoms with E-state index in [1.165, 1.54) is 4.31 Å². The van der Waals surface area contributed by atoms with Gasteiger partial charge in [-0.05, 0) is 37.4 Å². The summed E-state index contributed by atoms with van der Waals surface area (Å²) in [5.41, 5.74) is 1.27. The third kappa shape index (κ3) is 3.87. The highest BCUT2D eigenvalue weighted by Gasteiger charge is 2.38. The lowest BCUT2D eigenvalue weighted by molar-refractivity contribution is 0.0456. The molecule has 5 nitrogen and oxygen atoms in total. The van der Waals surface area contributed by atoms with Crippen LogP contribution in [0.5, 0.6) is 0 Å². The zero-order valence-corrected chi connectivity index (χ0v) is 14.4. The largest absolute Gasteiger partial charge is 0.384 e. The molecule has 1 atom stereocenters. The predicted octanol–water partition coefficient (Wildman–Crippen LogP) is 1.17. The molecule has 0 bridgehead atoms. The molecule has 0 aliphatic carbocycles. The number of rotatable bonds is 6. The van der Waals surface area contributed by atoms with E-state index < -0.39 is 15.6 Å². The first-order chi connectivity index (χ1) is 10.2. The third-order valence-electron chi connectivity index (χ3n) is 4.41. The van der Waals surface area contributed by atoms with Crippen molar-refractivity contribution in [3.63, 3.8) is 0 Å². The van der Waals surface area contributed by atoms with Gasteiger partial charge in [-0.25, -0.2) is 12.7 Å². The molecule has 1 aromatic rings. The van der Waals surface area contributed by atoms with Crippen molar-refractivity contribution in [1.82, 2.24) is 9.21 Å². The van der Waals surface area contributed by atoms with Gasteiger partial charge in [0.1, 0.15) is 5.60 Å². The van der Waals surface area contributed by atoms with Crippen LogP contribution in [0, 0.1) is 6.92 Å². The summed E-state index contributed by atoms with van der Waals surface area (Å²) in [6, 6.07) is 7.92. The van der Waals surface area contributed by atoms with Crippen LogP contribution in [0.25, 0.3) is 0 Å².